The van der Waals surface area contributed by atoms with Crippen molar-refractivity contribution < 1.29 is 9.59 Å². The molecule has 1 aliphatic carbocycles. The molecule has 2 N–H and O–H groups in total. The van der Waals surface area contributed by atoms with Gasteiger partial charge in [-0.25, -0.2) is 4.79 Å². The van der Waals surface area contributed by atoms with Crippen molar-refractivity contribution in [1.29, 1.82) is 0 Å². The van der Waals surface area contributed by atoms with Crippen LogP contribution in [-0.2, 0) is 11.8 Å². The van der Waals surface area contributed by atoms with Crippen LogP contribution in [0.15, 0.2) is 18.3 Å². The molecule has 3 amide bonds. The Morgan fingerprint density at radius 3 is 2.70 bits per heavy atom. The van der Waals surface area contributed by atoms with Crippen LogP contribution in [0.1, 0.15) is 50.3 Å². The number of aromatic nitrogens is 1. The van der Waals surface area contributed by atoms with Crippen molar-refractivity contribution in [3.8, 4) is 0 Å². The molecule has 3 rings (SSSR count). The molecule has 6 heteroatoms. The van der Waals surface area contributed by atoms with Gasteiger partial charge >= 0.3 is 6.03 Å². The fourth-order valence-electron chi connectivity index (χ4n) is 3.81. The summed E-state index contributed by atoms with van der Waals surface area (Å²) in [5.74, 6) is -0.221. The minimum Gasteiger partial charge on any atom is -0.353 e. The number of imide groups is 1. The van der Waals surface area contributed by atoms with E-state index in [1.165, 1.54) is 5.69 Å². The molecule has 2 aliphatic rings. The molecule has 0 radical (unpaired) electrons. The lowest BCUT2D eigenvalue weighted by molar-refractivity contribution is -0.121. The third-order valence-electron chi connectivity index (χ3n) is 4.98. The van der Waals surface area contributed by atoms with Gasteiger partial charge in [-0.05, 0) is 44.4 Å². The Hall–Kier alpha value is -1.82. The normalized spacial score (nSPS) is 22.4. The second-order valence-electron chi connectivity index (χ2n) is 6.68. The molecular formula is C17H26N4O2. The van der Waals surface area contributed by atoms with Crippen molar-refractivity contribution in [2.45, 2.75) is 50.6 Å². The molecule has 2 fully saturated rings. The van der Waals surface area contributed by atoms with E-state index < -0.39 is 0 Å². The molecule has 6 nitrogen and oxygen atoms in total. The van der Waals surface area contributed by atoms with Crippen LogP contribution in [0.4, 0.5) is 4.79 Å². The lowest BCUT2D eigenvalue weighted by Gasteiger charge is -2.24. The Labute approximate surface area is 137 Å². The van der Waals surface area contributed by atoms with Crippen molar-refractivity contribution in [2.24, 2.45) is 7.05 Å². The molecule has 0 unspecified atom stereocenters. The fourth-order valence-corrected chi connectivity index (χ4v) is 3.81. The van der Waals surface area contributed by atoms with Crippen LogP contribution in [0.25, 0.3) is 0 Å². The molecular weight excluding hydrogens is 292 g/mol. The van der Waals surface area contributed by atoms with Gasteiger partial charge in [-0.15, -0.1) is 0 Å². The number of nitrogens with one attached hydrogen (secondary N) is 2. The number of carbonyl (C=O) groups excluding carboxylic acids is 2. The largest absolute Gasteiger partial charge is 0.353 e. The number of nitrogens with zero attached hydrogens (tertiary/aromatic N) is 2. The fraction of sp³-hybridized carbons (Fsp3) is 0.647. The summed E-state index contributed by atoms with van der Waals surface area (Å²) in [4.78, 5) is 26.2. The predicted molar refractivity (Wildman–Crippen MR) is 87.9 cm³/mol. The molecule has 1 aromatic rings. The van der Waals surface area contributed by atoms with Crippen molar-refractivity contribution in [1.82, 2.24) is 20.1 Å². The van der Waals surface area contributed by atoms with Crippen LogP contribution in [0, 0.1) is 0 Å². The van der Waals surface area contributed by atoms with Crippen molar-refractivity contribution in [3.63, 3.8) is 0 Å². The second-order valence-corrected chi connectivity index (χ2v) is 6.68. The number of carbonyl (C=O) groups is 2. The number of rotatable bonds is 4. The molecule has 1 saturated carbocycles. The summed E-state index contributed by atoms with van der Waals surface area (Å²) in [6, 6.07) is 4.27. The molecule has 1 saturated heterocycles. The summed E-state index contributed by atoms with van der Waals surface area (Å²) in [6.45, 7) is 1.17. The third kappa shape index (κ3) is 3.93. The van der Waals surface area contributed by atoms with Crippen LogP contribution in [-0.4, -0.2) is 40.5 Å². The number of urea groups is 1. The van der Waals surface area contributed by atoms with E-state index in [0.29, 0.717) is 0 Å². The van der Waals surface area contributed by atoms with Crippen molar-refractivity contribution >= 4 is 11.9 Å². The molecule has 23 heavy (non-hydrogen) atoms. The molecule has 1 aliphatic heterocycles. The average Bonchev–Trinajstić information content (AvgIpc) is 3.21. The smallest absolute Gasteiger partial charge is 0.321 e. The highest BCUT2D eigenvalue weighted by Gasteiger charge is 2.29. The van der Waals surface area contributed by atoms with Gasteiger partial charge < -0.3 is 9.88 Å². The molecule has 0 spiro atoms. The number of amides is 3. The van der Waals surface area contributed by atoms with Gasteiger partial charge in [-0.2, -0.15) is 0 Å². The van der Waals surface area contributed by atoms with Crippen LogP contribution >= 0.6 is 0 Å². The summed E-state index contributed by atoms with van der Waals surface area (Å²) >= 11 is 0. The van der Waals surface area contributed by atoms with Crippen molar-refractivity contribution in [2.75, 3.05) is 13.1 Å². The lowest BCUT2D eigenvalue weighted by atomic mass is 10.1. The number of likely N-dealkylation sites (tertiary alicyclic amines) is 1. The monoisotopic (exact) mass is 318 g/mol. The summed E-state index contributed by atoms with van der Waals surface area (Å²) < 4.78 is 2.10. The molecule has 2 heterocycles. The van der Waals surface area contributed by atoms with Gasteiger partial charge in [0, 0.05) is 25.0 Å². The minimum atomic E-state index is -0.350. The SMILES string of the molecule is Cn1cccc1[C@@H]1CCCN1CC(=O)NC(=O)NC1CCCC1. The summed E-state index contributed by atoms with van der Waals surface area (Å²) in [5, 5.41) is 5.37. The van der Waals surface area contributed by atoms with Gasteiger partial charge in [-0.3, -0.25) is 15.0 Å². The first-order valence-electron chi connectivity index (χ1n) is 8.59. The summed E-state index contributed by atoms with van der Waals surface area (Å²) in [5.41, 5.74) is 1.23. The number of aryl methyl sites for hydroxylation is 1. The highest BCUT2D eigenvalue weighted by atomic mass is 16.2. The third-order valence-corrected chi connectivity index (χ3v) is 4.98. The van der Waals surface area contributed by atoms with Crippen LogP contribution < -0.4 is 10.6 Å². The first-order valence-corrected chi connectivity index (χ1v) is 8.59. The van der Waals surface area contributed by atoms with Gasteiger partial charge in [0.2, 0.25) is 5.91 Å². The second kappa shape index (κ2) is 7.17. The van der Waals surface area contributed by atoms with E-state index in [0.717, 1.165) is 45.1 Å². The molecule has 126 valence electrons. The minimum absolute atomic E-state index is 0.221. The van der Waals surface area contributed by atoms with Gasteiger partial charge in [0.1, 0.15) is 0 Å². The summed E-state index contributed by atoms with van der Waals surface area (Å²) in [7, 11) is 2.03. The Morgan fingerprint density at radius 1 is 1.22 bits per heavy atom. The van der Waals surface area contributed by atoms with Crippen LogP contribution in [0.2, 0.25) is 0 Å². The zero-order valence-corrected chi connectivity index (χ0v) is 13.8. The molecule has 1 atom stereocenters. The summed E-state index contributed by atoms with van der Waals surface area (Å²) in [6.07, 6.45) is 8.51. The average molecular weight is 318 g/mol. The van der Waals surface area contributed by atoms with E-state index in [4.69, 9.17) is 0 Å². The molecule has 0 aromatic carbocycles. The van der Waals surface area contributed by atoms with E-state index >= 15 is 0 Å². The first kappa shape index (κ1) is 16.1. The van der Waals surface area contributed by atoms with E-state index in [-0.39, 0.29) is 30.6 Å². The predicted octanol–water partition coefficient (Wildman–Crippen LogP) is 1.93. The van der Waals surface area contributed by atoms with E-state index in [1.807, 2.05) is 19.3 Å². The quantitative estimate of drug-likeness (QED) is 0.891. The highest BCUT2D eigenvalue weighted by molar-refractivity contribution is 5.95. The van der Waals surface area contributed by atoms with Gasteiger partial charge in [0.05, 0.1) is 12.6 Å². The topological polar surface area (TPSA) is 66.4 Å². The standard InChI is InChI=1S/C17H26N4O2/c1-20-10-4-8-14(20)15-9-5-11-21(15)12-16(22)19-17(23)18-13-6-2-3-7-13/h4,8,10,13,15H,2-3,5-7,9,11-12H2,1H3,(H2,18,19,22,23)/t15-/m0/s1. The van der Waals surface area contributed by atoms with E-state index in [1.54, 1.807) is 0 Å². The zero-order valence-electron chi connectivity index (χ0n) is 13.8. The maximum atomic E-state index is 12.2. The van der Waals surface area contributed by atoms with Gasteiger partial charge in [-0.1, -0.05) is 12.8 Å². The maximum absolute atomic E-state index is 12.2. The highest BCUT2D eigenvalue weighted by Crippen LogP contribution is 2.31. The Bertz CT molecular complexity index is 563. The van der Waals surface area contributed by atoms with Crippen molar-refractivity contribution in [3.05, 3.63) is 24.0 Å². The Morgan fingerprint density at radius 2 is 2.00 bits per heavy atom. The van der Waals surface area contributed by atoms with Gasteiger partial charge in [0.15, 0.2) is 0 Å². The number of hydrogen-bond donors (Lipinski definition) is 2. The van der Waals surface area contributed by atoms with E-state index in [2.05, 4.69) is 26.2 Å². The van der Waals surface area contributed by atoms with Gasteiger partial charge in [0.25, 0.3) is 0 Å². The zero-order chi connectivity index (χ0) is 16.2. The van der Waals surface area contributed by atoms with Crippen LogP contribution in [0.3, 0.4) is 0 Å². The molecule has 1 aromatic heterocycles. The van der Waals surface area contributed by atoms with E-state index in [9.17, 15) is 9.59 Å². The number of hydrogen-bond acceptors (Lipinski definition) is 3. The Kier molecular flexibility index (Phi) is 5.00. The first-order chi connectivity index (χ1) is 11.1. The maximum Gasteiger partial charge on any atom is 0.321 e. The van der Waals surface area contributed by atoms with Crippen LogP contribution in [0.5, 0.6) is 0 Å². The Balaban J connectivity index is 1.50. The lowest BCUT2D eigenvalue weighted by Crippen LogP contribution is -2.47. The molecule has 0 bridgehead atoms.